The number of ether oxygens (including phenoxy) is 1. The second-order valence-corrected chi connectivity index (χ2v) is 9.33. The Morgan fingerprint density at radius 2 is 2.03 bits per heavy atom. The van der Waals surface area contributed by atoms with Gasteiger partial charge in [-0.05, 0) is 48.7 Å². The number of aromatic nitrogens is 1. The Morgan fingerprint density at radius 1 is 1.24 bits per heavy atom. The van der Waals surface area contributed by atoms with Crippen LogP contribution in [0.2, 0.25) is 0 Å². The molecule has 0 radical (unpaired) electrons. The molecule has 1 fully saturated rings. The number of nitrogens with zero attached hydrogens (tertiary/aromatic N) is 2. The zero-order chi connectivity index (χ0) is 20.7. The molecule has 2 heterocycles. The predicted molar refractivity (Wildman–Crippen MR) is 113 cm³/mol. The molecular weight excluding hydrogens is 388 g/mol. The highest BCUT2D eigenvalue weighted by atomic mass is 32.2. The molecule has 1 aromatic carbocycles. The molecular formula is C22H26N2O4S. The zero-order valence-electron chi connectivity index (χ0n) is 16.5. The molecule has 1 saturated heterocycles. The van der Waals surface area contributed by atoms with Crippen molar-refractivity contribution in [3.05, 3.63) is 66.0 Å². The number of amides is 1. The molecule has 1 atom stereocenters. The van der Waals surface area contributed by atoms with E-state index in [1.807, 2.05) is 49.4 Å². The third kappa shape index (κ3) is 6.15. The van der Waals surface area contributed by atoms with Crippen molar-refractivity contribution in [2.45, 2.75) is 32.4 Å². The normalized spacial score (nSPS) is 18.0. The standard InChI is InChI=1S/C22H26N2O4S/c1-2-14-24(20-12-15-29(26,27)17-20)22(25)11-8-18-6-9-21(10-7-18)28-16-19-5-3-4-13-23-19/h3-11,13,20H,2,12,14-17H2,1H3/b11-8+. The van der Waals surface area contributed by atoms with E-state index in [0.29, 0.717) is 19.6 Å². The summed E-state index contributed by atoms with van der Waals surface area (Å²) in [5, 5.41) is 0. The summed E-state index contributed by atoms with van der Waals surface area (Å²) < 4.78 is 29.2. The SMILES string of the molecule is CCCN(C(=O)/C=C/c1ccc(OCc2ccccn2)cc1)C1CCS(=O)(=O)C1. The van der Waals surface area contributed by atoms with Gasteiger partial charge in [-0.25, -0.2) is 8.42 Å². The third-order valence-electron chi connectivity index (χ3n) is 4.81. The molecule has 29 heavy (non-hydrogen) atoms. The molecule has 1 amide bonds. The lowest BCUT2D eigenvalue weighted by molar-refractivity contribution is -0.127. The summed E-state index contributed by atoms with van der Waals surface area (Å²) in [6.07, 6.45) is 6.30. The van der Waals surface area contributed by atoms with Gasteiger partial charge in [0.1, 0.15) is 12.4 Å². The molecule has 1 aliphatic rings. The molecule has 0 bridgehead atoms. The summed E-state index contributed by atoms with van der Waals surface area (Å²) in [5.41, 5.74) is 1.73. The average Bonchev–Trinajstić information content (AvgIpc) is 3.09. The van der Waals surface area contributed by atoms with Gasteiger partial charge in [-0.15, -0.1) is 0 Å². The summed E-state index contributed by atoms with van der Waals surface area (Å²) in [6, 6.07) is 12.9. The van der Waals surface area contributed by atoms with E-state index >= 15 is 0 Å². The highest BCUT2D eigenvalue weighted by Crippen LogP contribution is 2.19. The molecule has 6 nitrogen and oxygen atoms in total. The Morgan fingerprint density at radius 3 is 2.66 bits per heavy atom. The second-order valence-electron chi connectivity index (χ2n) is 7.10. The Labute approximate surface area is 172 Å². The van der Waals surface area contributed by atoms with Crippen LogP contribution in [0, 0.1) is 0 Å². The monoisotopic (exact) mass is 414 g/mol. The first-order valence-corrected chi connectivity index (χ1v) is 11.6. The Kier molecular flexibility index (Phi) is 7.04. The van der Waals surface area contributed by atoms with Crippen molar-refractivity contribution in [1.82, 2.24) is 9.88 Å². The fourth-order valence-corrected chi connectivity index (χ4v) is 5.04. The van der Waals surface area contributed by atoms with Crippen molar-refractivity contribution in [2.24, 2.45) is 0 Å². The summed E-state index contributed by atoms with van der Waals surface area (Å²) in [4.78, 5) is 18.5. The molecule has 0 saturated carbocycles. The van der Waals surface area contributed by atoms with Gasteiger partial charge in [0, 0.05) is 24.9 Å². The number of hydrogen-bond acceptors (Lipinski definition) is 5. The van der Waals surface area contributed by atoms with Gasteiger partial charge in [-0.1, -0.05) is 25.1 Å². The molecule has 0 spiro atoms. The van der Waals surface area contributed by atoms with E-state index in [0.717, 1.165) is 23.4 Å². The Hall–Kier alpha value is -2.67. The number of hydrogen-bond donors (Lipinski definition) is 0. The number of sulfone groups is 1. The van der Waals surface area contributed by atoms with Gasteiger partial charge in [0.25, 0.3) is 0 Å². The largest absolute Gasteiger partial charge is 0.487 e. The van der Waals surface area contributed by atoms with Gasteiger partial charge in [0.2, 0.25) is 5.91 Å². The number of pyridine rings is 1. The molecule has 3 rings (SSSR count). The topological polar surface area (TPSA) is 76.6 Å². The van der Waals surface area contributed by atoms with Crippen molar-refractivity contribution in [1.29, 1.82) is 0 Å². The molecule has 0 aliphatic carbocycles. The number of carbonyl (C=O) groups excluding carboxylic acids is 1. The van der Waals surface area contributed by atoms with E-state index in [4.69, 9.17) is 4.74 Å². The van der Waals surface area contributed by atoms with Crippen LogP contribution in [0.3, 0.4) is 0 Å². The van der Waals surface area contributed by atoms with Gasteiger partial charge in [0.05, 0.1) is 17.2 Å². The minimum absolute atomic E-state index is 0.0644. The number of rotatable bonds is 8. The maximum absolute atomic E-state index is 12.6. The van der Waals surface area contributed by atoms with Crippen molar-refractivity contribution in [3.63, 3.8) is 0 Å². The van der Waals surface area contributed by atoms with Crippen LogP contribution in [0.25, 0.3) is 6.08 Å². The maximum atomic E-state index is 12.6. The molecule has 1 unspecified atom stereocenters. The van der Waals surface area contributed by atoms with Gasteiger partial charge in [-0.2, -0.15) is 0 Å². The van der Waals surface area contributed by atoms with E-state index < -0.39 is 9.84 Å². The third-order valence-corrected chi connectivity index (χ3v) is 6.56. The smallest absolute Gasteiger partial charge is 0.246 e. The van der Waals surface area contributed by atoms with Crippen LogP contribution in [-0.4, -0.2) is 48.3 Å². The van der Waals surface area contributed by atoms with Crippen molar-refractivity contribution < 1.29 is 17.9 Å². The van der Waals surface area contributed by atoms with Crippen LogP contribution in [0.15, 0.2) is 54.7 Å². The highest BCUT2D eigenvalue weighted by molar-refractivity contribution is 7.91. The summed E-state index contributed by atoms with van der Waals surface area (Å²) >= 11 is 0. The average molecular weight is 415 g/mol. The number of carbonyl (C=O) groups is 1. The van der Waals surface area contributed by atoms with Crippen LogP contribution in [-0.2, 0) is 21.2 Å². The van der Waals surface area contributed by atoms with Crippen LogP contribution >= 0.6 is 0 Å². The molecule has 1 aromatic heterocycles. The van der Waals surface area contributed by atoms with Gasteiger partial charge >= 0.3 is 0 Å². The van der Waals surface area contributed by atoms with Crippen molar-refractivity contribution in [3.8, 4) is 5.75 Å². The van der Waals surface area contributed by atoms with Crippen LogP contribution < -0.4 is 4.74 Å². The van der Waals surface area contributed by atoms with E-state index in [2.05, 4.69) is 4.98 Å². The van der Waals surface area contributed by atoms with E-state index in [-0.39, 0.29) is 23.5 Å². The molecule has 7 heteroatoms. The van der Waals surface area contributed by atoms with Crippen LogP contribution in [0.1, 0.15) is 31.0 Å². The zero-order valence-corrected chi connectivity index (χ0v) is 17.3. The van der Waals surface area contributed by atoms with E-state index in [9.17, 15) is 13.2 Å². The molecule has 154 valence electrons. The number of benzene rings is 1. The quantitative estimate of drug-likeness (QED) is 0.621. The van der Waals surface area contributed by atoms with Crippen molar-refractivity contribution >= 4 is 21.8 Å². The van der Waals surface area contributed by atoms with E-state index in [1.165, 1.54) is 6.08 Å². The molecule has 1 aliphatic heterocycles. The lowest BCUT2D eigenvalue weighted by Crippen LogP contribution is -2.40. The molecule has 0 N–H and O–H groups in total. The fourth-order valence-electron chi connectivity index (χ4n) is 3.31. The molecule has 2 aromatic rings. The minimum Gasteiger partial charge on any atom is -0.487 e. The minimum atomic E-state index is -3.03. The predicted octanol–water partition coefficient (Wildman–Crippen LogP) is 3.10. The first-order valence-electron chi connectivity index (χ1n) is 9.79. The lowest BCUT2D eigenvalue weighted by atomic mass is 10.1. The first kappa shape index (κ1) is 21.0. The van der Waals surface area contributed by atoms with Crippen LogP contribution in [0.4, 0.5) is 0 Å². The maximum Gasteiger partial charge on any atom is 0.246 e. The summed E-state index contributed by atoms with van der Waals surface area (Å²) in [5.74, 6) is 0.802. The highest BCUT2D eigenvalue weighted by Gasteiger charge is 2.33. The van der Waals surface area contributed by atoms with E-state index in [1.54, 1.807) is 17.2 Å². The van der Waals surface area contributed by atoms with Gasteiger partial charge in [-0.3, -0.25) is 9.78 Å². The van der Waals surface area contributed by atoms with Gasteiger partial charge < -0.3 is 9.64 Å². The fraction of sp³-hybridized carbons (Fsp3) is 0.364. The van der Waals surface area contributed by atoms with Crippen molar-refractivity contribution in [2.75, 3.05) is 18.1 Å². The summed E-state index contributed by atoms with van der Waals surface area (Å²) in [6.45, 7) is 2.94. The first-order chi connectivity index (χ1) is 14.0. The Bertz CT molecular complexity index is 941. The summed E-state index contributed by atoms with van der Waals surface area (Å²) in [7, 11) is -3.03. The van der Waals surface area contributed by atoms with Crippen LogP contribution in [0.5, 0.6) is 5.75 Å². The Balaban J connectivity index is 1.58. The van der Waals surface area contributed by atoms with Gasteiger partial charge in [0.15, 0.2) is 9.84 Å². The second kappa shape index (κ2) is 9.69. The lowest BCUT2D eigenvalue weighted by Gasteiger charge is -2.26.